The van der Waals surface area contributed by atoms with E-state index in [0.29, 0.717) is 18.7 Å². The van der Waals surface area contributed by atoms with Crippen molar-refractivity contribution in [2.45, 2.75) is 63.1 Å². The van der Waals surface area contributed by atoms with Crippen LogP contribution >= 0.6 is 0 Å². The highest BCUT2D eigenvalue weighted by Gasteiger charge is 2.38. The molecule has 0 amide bonds. The molecule has 1 unspecified atom stereocenters. The van der Waals surface area contributed by atoms with Gasteiger partial charge in [0.25, 0.3) is 0 Å². The van der Waals surface area contributed by atoms with Gasteiger partial charge in [-0.2, -0.15) is 0 Å². The van der Waals surface area contributed by atoms with Gasteiger partial charge in [-0.05, 0) is 71.1 Å². The van der Waals surface area contributed by atoms with Crippen LogP contribution in [0.2, 0.25) is 0 Å². The third kappa shape index (κ3) is 4.21. The quantitative estimate of drug-likeness (QED) is 0.830. The lowest BCUT2D eigenvalue weighted by atomic mass is 9.91. The van der Waals surface area contributed by atoms with Gasteiger partial charge in [-0.15, -0.1) is 0 Å². The Bertz CT molecular complexity index is 374. The highest BCUT2D eigenvalue weighted by atomic mass is 16.5. The molecule has 5 heteroatoms. The Kier molecular flexibility index (Phi) is 5.71. The van der Waals surface area contributed by atoms with Crippen molar-refractivity contribution >= 4 is 5.90 Å². The summed E-state index contributed by atoms with van der Waals surface area (Å²) in [6.07, 6.45) is 8.96. The SMILES string of the molecule is OC1(C2=NCCCCC(CN3CCCCC3)O2)CCNCC1. The third-order valence-electron chi connectivity index (χ3n) is 5.21. The van der Waals surface area contributed by atoms with Crippen LogP contribution in [0.15, 0.2) is 4.99 Å². The number of piperidine rings is 2. The van der Waals surface area contributed by atoms with Crippen molar-refractivity contribution in [3.63, 3.8) is 0 Å². The first kappa shape index (κ1) is 16.2. The molecule has 3 rings (SSSR count). The van der Waals surface area contributed by atoms with Crippen LogP contribution in [0, 0.1) is 0 Å². The van der Waals surface area contributed by atoms with E-state index < -0.39 is 5.60 Å². The average molecular weight is 309 g/mol. The number of ether oxygens (including phenoxy) is 1. The molecule has 2 N–H and O–H groups in total. The van der Waals surface area contributed by atoms with Gasteiger partial charge in [-0.3, -0.25) is 9.89 Å². The fourth-order valence-electron chi connectivity index (χ4n) is 3.79. The van der Waals surface area contributed by atoms with Crippen molar-refractivity contribution in [3.8, 4) is 0 Å². The first-order chi connectivity index (χ1) is 10.8. The second kappa shape index (κ2) is 7.75. The minimum atomic E-state index is -0.845. The van der Waals surface area contributed by atoms with E-state index in [0.717, 1.165) is 39.0 Å². The van der Waals surface area contributed by atoms with E-state index in [9.17, 15) is 5.11 Å². The first-order valence-corrected chi connectivity index (χ1v) is 9.13. The normalized spacial score (nSPS) is 30.8. The van der Waals surface area contributed by atoms with E-state index >= 15 is 0 Å². The minimum Gasteiger partial charge on any atom is -0.474 e. The molecule has 0 radical (unpaired) electrons. The average Bonchev–Trinajstić information content (AvgIpc) is 2.51. The van der Waals surface area contributed by atoms with E-state index in [1.807, 2.05) is 0 Å². The van der Waals surface area contributed by atoms with Crippen LogP contribution in [-0.4, -0.2) is 66.9 Å². The predicted molar refractivity (Wildman–Crippen MR) is 88.4 cm³/mol. The molecule has 0 spiro atoms. The van der Waals surface area contributed by atoms with Crippen LogP contribution in [0.5, 0.6) is 0 Å². The number of aliphatic imine (C=N–C) groups is 1. The molecule has 0 saturated carbocycles. The van der Waals surface area contributed by atoms with Crippen molar-refractivity contribution < 1.29 is 9.84 Å². The molecule has 3 heterocycles. The Morgan fingerprint density at radius 3 is 2.68 bits per heavy atom. The lowest BCUT2D eigenvalue weighted by Crippen LogP contribution is -2.51. The van der Waals surface area contributed by atoms with E-state index in [1.165, 1.54) is 38.8 Å². The largest absolute Gasteiger partial charge is 0.474 e. The van der Waals surface area contributed by atoms with Crippen LogP contribution in [0.3, 0.4) is 0 Å². The summed E-state index contributed by atoms with van der Waals surface area (Å²) in [5, 5.41) is 14.2. The maximum Gasteiger partial charge on any atom is 0.216 e. The molecule has 126 valence electrons. The number of hydrogen-bond donors (Lipinski definition) is 2. The molecule has 0 aromatic heterocycles. The topological polar surface area (TPSA) is 57.1 Å². The highest BCUT2D eigenvalue weighted by Crippen LogP contribution is 2.25. The molecule has 0 bridgehead atoms. The van der Waals surface area contributed by atoms with Gasteiger partial charge < -0.3 is 15.2 Å². The number of nitrogens with zero attached hydrogens (tertiary/aromatic N) is 2. The Morgan fingerprint density at radius 2 is 1.91 bits per heavy atom. The molecule has 2 saturated heterocycles. The second-order valence-corrected chi connectivity index (χ2v) is 7.07. The Morgan fingerprint density at radius 1 is 1.14 bits per heavy atom. The van der Waals surface area contributed by atoms with Crippen molar-refractivity contribution in [2.75, 3.05) is 39.3 Å². The number of aliphatic hydroxyl groups is 1. The fraction of sp³-hybridized carbons (Fsp3) is 0.941. The van der Waals surface area contributed by atoms with Crippen LogP contribution < -0.4 is 5.32 Å². The summed E-state index contributed by atoms with van der Waals surface area (Å²) in [6, 6.07) is 0. The van der Waals surface area contributed by atoms with E-state index in [-0.39, 0.29) is 6.10 Å². The Hall–Kier alpha value is -0.650. The summed E-state index contributed by atoms with van der Waals surface area (Å²) in [5.41, 5.74) is -0.845. The Balaban J connectivity index is 1.63. The van der Waals surface area contributed by atoms with E-state index in [4.69, 9.17) is 4.74 Å². The molecule has 0 aromatic carbocycles. The molecule has 2 fully saturated rings. The zero-order valence-electron chi connectivity index (χ0n) is 13.7. The molecule has 0 aromatic rings. The summed E-state index contributed by atoms with van der Waals surface area (Å²) in [7, 11) is 0. The van der Waals surface area contributed by atoms with Gasteiger partial charge in [0.15, 0.2) is 0 Å². The Labute approximate surface area is 134 Å². The van der Waals surface area contributed by atoms with Gasteiger partial charge in [-0.25, -0.2) is 0 Å². The first-order valence-electron chi connectivity index (χ1n) is 9.13. The van der Waals surface area contributed by atoms with Crippen molar-refractivity contribution in [1.82, 2.24) is 10.2 Å². The zero-order valence-corrected chi connectivity index (χ0v) is 13.7. The number of hydrogen-bond acceptors (Lipinski definition) is 5. The number of nitrogens with one attached hydrogen (secondary N) is 1. The molecule has 3 aliphatic heterocycles. The van der Waals surface area contributed by atoms with Gasteiger partial charge in [-0.1, -0.05) is 6.42 Å². The van der Waals surface area contributed by atoms with E-state index in [2.05, 4.69) is 15.2 Å². The van der Waals surface area contributed by atoms with Crippen molar-refractivity contribution in [2.24, 2.45) is 4.99 Å². The maximum atomic E-state index is 10.9. The molecular formula is C17H31N3O2. The smallest absolute Gasteiger partial charge is 0.216 e. The molecule has 1 atom stereocenters. The van der Waals surface area contributed by atoms with Gasteiger partial charge in [0.1, 0.15) is 11.7 Å². The lowest BCUT2D eigenvalue weighted by Gasteiger charge is -2.37. The van der Waals surface area contributed by atoms with Gasteiger partial charge in [0, 0.05) is 13.1 Å². The zero-order chi connectivity index (χ0) is 15.3. The molecule has 22 heavy (non-hydrogen) atoms. The standard InChI is InChI=1S/C17H31N3O2/c21-17(7-10-18-11-8-17)16-19-9-3-2-6-15(22-16)14-20-12-4-1-5-13-20/h15,18,21H,1-14H2. The fourth-order valence-corrected chi connectivity index (χ4v) is 3.79. The van der Waals surface area contributed by atoms with Gasteiger partial charge in [0.05, 0.1) is 0 Å². The van der Waals surface area contributed by atoms with E-state index in [1.54, 1.807) is 0 Å². The van der Waals surface area contributed by atoms with Crippen LogP contribution in [0.25, 0.3) is 0 Å². The lowest BCUT2D eigenvalue weighted by molar-refractivity contribution is 0.0225. The molecule has 0 aliphatic carbocycles. The highest BCUT2D eigenvalue weighted by molar-refractivity contribution is 5.85. The van der Waals surface area contributed by atoms with Crippen molar-refractivity contribution in [1.29, 1.82) is 0 Å². The summed E-state index contributed by atoms with van der Waals surface area (Å²) in [6.45, 7) is 5.86. The molecular weight excluding hydrogens is 278 g/mol. The van der Waals surface area contributed by atoms with Crippen LogP contribution in [0.1, 0.15) is 51.4 Å². The summed E-state index contributed by atoms with van der Waals surface area (Å²) >= 11 is 0. The van der Waals surface area contributed by atoms with Crippen molar-refractivity contribution in [3.05, 3.63) is 0 Å². The monoisotopic (exact) mass is 309 g/mol. The summed E-state index contributed by atoms with van der Waals surface area (Å²) in [5.74, 6) is 0.621. The molecule has 5 nitrogen and oxygen atoms in total. The third-order valence-corrected chi connectivity index (χ3v) is 5.21. The second-order valence-electron chi connectivity index (χ2n) is 7.07. The predicted octanol–water partition coefficient (Wildman–Crippen LogP) is 1.55. The summed E-state index contributed by atoms with van der Waals surface area (Å²) in [4.78, 5) is 7.15. The van der Waals surface area contributed by atoms with Gasteiger partial charge >= 0.3 is 0 Å². The van der Waals surface area contributed by atoms with Crippen LogP contribution in [-0.2, 0) is 4.74 Å². The molecule has 3 aliphatic rings. The van der Waals surface area contributed by atoms with Crippen LogP contribution in [0.4, 0.5) is 0 Å². The minimum absolute atomic E-state index is 0.191. The number of likely N-dealkylation sites (tertiary alicyclic amines) is 1. The number of rotatable bonds is 3. The summed E-state index contributed by atoms with van der Waals surface area (Å²) < 4.78 is 6.27. The maximum absolute atomic E-state index is 10.9. The van der Waals surface area contributed by atoms with Gasteiger partial charge in [0.2, 0.25) is 5.90 Å².